The molecule has 9 nitrogen and oxygen atoms in total. The smallest absolute Gasteiger partial charge is 0.395 e. The topological polar surface area (TPSA) is 120 Å². The zero-order valence-electron chi connectivity index (χ0n) is 21.7. The van der Waals surface area contributed by atoms with E-state index in [9.17, 15) is 27.1 Å². The van der Waals surface area contributed by atoms with E-state index in [1.807, 2.05) is 11.5 Å². The normalized spacial score (nSPS) is 14.8. The van der Waals surface area contributed by atoms with Crippen LogP contribution in [-0.4, -0.2) is 47.6 Å². The highest BCUT2D eigenvalue weighted by Crippen LogP contribution is 2.43. The van der Waals surface area contributed by atoms with Crippen molar-refractivity contribution in [2.24, 2.45) is 0 Å². The highest BCUT2D eigenvalue weighted by Gasteiger charge is 2.44. The second-order valence-electron chi connectivity index (χ2n) is 9.26. The number of nitrogens with zero attached hydrogens (tertiary/aromatic N) is 2. The van der Waals surface area contributed by atoms with Crippen molar-refractivity contribution >= 4 is 26.8 Å². The lowest BCUT2D eigenvalue weighted by molar-refractivity contribution is -0.286. The second-order valence-corrected chi connectivity index (χ2v) is 11.5. The number of rotatable bonds is 9. The molecule has 40 heavy (non-hydrogen) atoms. The molecule has 0 fully saturated rings. The third-order valence-electron chi connectivity index (χ3n) is 6.75. The average Bonchev–Trinajstić information content (AvgIpc) is 3.46. The molecule has 2 heterocycles. The minimum Gasteiger partial charge on any atom is -0.395 e. The summed E-state index contributed by atoms with van der Waals surface area (Å²) in [5, 5.41) is 12.7. The lowest BCUT2D eigenvalue weighted by Crippen LogP contribution is -2.30. The van der Waals surface area contributed by atoms with E-state index in [0.29, 0.717) is 40.0 Å². The number of benzene rings is 3. The first-order valence-corrected chi connectivity index (χ1v) is 14.3. The fourth-order valence-electron chi connectivity index (χ4n) is 4.64. The van der Waals surface area contributed by atoms with E-state index in [2.05, 4.69) is 15.0 Å². The van der Waals surface area contributed by atoms with Crippen molar-refractivity contribution < 1.29 is 36.6 Å². The van der Waals surface area contributed by atoms with Gasteiger partial charge in [-0.3, -0.25) is 4.79 Å². The molecule has 0 saturated heterocycles. The highest BCUT2D eigenvalue weighted by atomic mass is 32.2. The number of amides is 1. The number of aromatic nitrogens is 2. The van der Waals surface area contributed by atoms with Gasteiger partial charge >= 0.3 is 6.29 Å². The Morgan fingerprint density at radius 3 is 2.52 bits per heavy atom. The standard InChI is InChI=1S/C28H27F2N3O6S/c1-3-25-31-21-14-18(27(35)32-22(16-34)17-8-11-20(12-9-17)40(36,37)4-2)10-13-23(21)33(25)15-19-6-5-7-24-26(19)39-28(29,30)38-24/h5-14,22,34H,3-4,15-16H2,1-2H3,(H,32,35). The molecule has 0 aliphatic carbocycles. The number of aliphatic hydroxyl groups is 1. The first-order chi connectivity index (χ1) is 19.0. The number of para-hydroxylation sites is 1. The molecule has 3 aromatic carbocycles. The number of ether oxygens (including phenoxy) is 2. The van der Waals surface area contributed by atoms with E-state index in [4.69, 9.17) is 4.74 Å². The summed E-state index contributed by atoms with van der Waals surface area (Å²) < 4.78 is 62.7. The van der Waals surface area contributed by atoms with Gasteiger partial charge in [-0.15, -0.1) is 8.78 Å². The number of halogens is 2. The fraction of sp³-hybridized carbons (Fsp3) is 0.286. The summed E-state index contributed by atoms with van der Waals surface area (Å²) in [6, 6.07) is 14.9. The predicted molar refractivity (Wildman–Crippen MR) is 142 cm³/mol. The molecule has 4 aromatic rings. The summed E-state index contributed by atoms with van der Waals surface area (Å²) in [4.78, 5) is 17.9. The van der Waals surface area contributed by atoms with Crippen LogP contribution in [-0.2, 0) is 22.8 Å². The van der Waals surface area contributed by atoms with Gasteiger partial charge in [-0.2, -0.15) is 0 Å². The number of imidazole rings is 1. The molecule has 1 amide bonds. The number of aliphatic hydroxyl groups excluding tert-OH is 1. The molecule has 0 saturated carbocycles. The zero-order chi connectivity index (χ0) is 28.7. The largest absolute Gasteiger partial charge is 0.586 e. The lowest BCUT2D eigenvalue weighted by Gasteiger charge is -2.17. The molecule has 0 bridgehead atoms. The molecule has 1 aromatic heterocycles. The van der Waals surface area contributed by atoms with E-state index >= 15 is 0 Å². The van der Waals surface area contributed by atoms with Crippen LogP contribution in [0.3, 0.4) is 0 Å². The number of hydrogen-bond acceptors (Lipinski definition) is 7. The van der Waals surface area contributed by atoms with Crippen LogP contribution in [0.2, 0.25) is 0 Å². The molecular formula is C28H27F2N3O6S. The van der Waals surface area contributed by atoms with Crippen molar-refractivity contribution in [2.75, 3.05) is 12.4 Å². The van der Waals surface area contributed by atoms with E-state index in [1.54, 1.807) is 49.4 Å². The molecule has 1 unspecified atom stereocenters. The van der Waals surface area contributed by atoms with Crippen molar-refractivity contribution in [1.82, 2.24) is 14.9 Å². The van der Waals surface area contributed by atoms with Gasteiger partial charge in [0, 0.05) is 17.5 Å². The van der Waals surface area contributed by atoms with E-state index in [-0.39, 0.29) is 28.7 Å². The Balaban J connectivity index is 1.39. The number of carbonyl (C=O) groups excluding carboxylic acids is 1. The van der Waals surface area contributed by atoms with Gasteiger partial charge in [0.15, 0.2) is 21.3 Å². The lowest BCUT2D eigenvalue weighted by atomic mass is 10.1. The summed E-state index contributed by atoms with van der Waals surface area (Å²) in [6.07, 6.45) is -3.18. The Morgan fingerprint density at radius 2 is 1.85 bits per heavy atom. The Bertz CT molecular complexity index is 1690. The maximum Gasteiger partial charge on any atom is 0.586 e. The maximum absolute atomic E-state index is 13.7. The molecule has 12 heteroatoms. The quantitative estimate of drug-likeness (QED) is 0.309. The summed E-state index contributed by atoms with van der Waals surface area (Å²) in [6.45, 7) is 3.28. The van der Waals surface area contributed by atoms with Crippen LogP contribution in [0, 0.1) is 0 Å². The third kappa shape index (κ3) is 5.24. The van der Waals surface area contributed by atoms with Gasteiger partial charge in [0.05, 0.1) is 40.9 Å². The Morgan fingerprint density at radius 1 is 1.10 bits per heavy atom. The number of aryl methyl sites for hydroxylation is 1. The fourth-order valence-corrected chi connectivity index (χ4v) is 5.52. The number of fused-ring (bicyclic) bond motifs is 2. The van der Waals surface area contributed by atoms with Gasteiger partial charge in [-0.25, -0.2) is 13.4 Å². The van der Waals surface area contributed by atoms with Gasteiger partial charge in [0.2, 0.25) is 0 Å². The number of sulfone groups is 1. The first kappa shape index (κ1) is 27.5. The summed E-state index contributed by atoms with van der Waals surface area (Å²) in [7, 11) is -3.37. The van der Waals surface area contributed by atoms with E-state index in [0.717, 1.165) is 0 Å². The van der Waals surface area contributed by atoms with E-state index < -0.39 is 34.7 Å². The molecular weight excluding hydrogens is 544 g/mol. The molecule has 0 spiro atoms. The van der Waals surface area contributed by atoms with Crippen molar-refractivity contribution in [2.45, 2.75) is 44.0 Å². The average molecular weight is 572 g/mol. The SMILES string of the molecule is CCc1nc2cc(C(=O)NC(CO)c3ccc(S(=O)(=O)CC)cc3)ccc2n1Cc1cccc2c1OC(F)(F)O2. The van der Waals surface area contributed by atoms with Gasteiger partial charge in [-0.1, -0.05) is 38.1 Å². The van der Waals surface area contributed by atoms with Gasteiger partial charge in [0.25, 0.3) is 5.91 Å². The zero-order valence-corrected chi connectivity index (χ0v) is 22.5. The number of nitrogens with one attached hydrogen (secondary N) is 1. The van der Waals surface area contributed by atoms with Gasteiger partial charge in [0.1, 0.15) is 5.82 Å². The minimum absolute atomic E-state index is 0.0252. The summed E-state index contributed by atoms with van der Waals surface area (Å²) in [5.41, 5.74) is 2.59. The molecule has 2 N–H and O–H groups in total. The molecule has 1 atom stereocenters. The van der Waals surface area contributed by atoms with Crippen LogP contribution >= 0.6 is 0 Å². The van der Waals surface area contributed by atoms with Crippen molar-refractivity contribution in [3.8, 4) is 11.5 Å². The maximum atomic E-state index is 13.7. The molecule has 210 valence electrons. The number of alkyl halides is 2. The molecule has 1 aliphatic rings. The van der Waals surface area contributed by atoms with Crippen LogP contribution in [0.15, 0.2) is 65.6 Å². The van der Waals surface area contributed by atoms with Crippen LogP contribution in [0.25, 0.3) is 11.0 Å². The number of carbonyl (C=O) groups is 1. The summed E-state index contributed by atoms with van der Waals surface area (Å²) in [5.74, 6) is 0.140. The van der Waals surface area contributed by atoms with Gasteiger partial charge < -0.3 is 24.5 Å². The Labute approximate surface area is 229 Å². The molecule has 5 rings (SSSR count). The van der Waals surface area contributed by atoms with Crippen LogP contribution in [0.5, 0.6) is 11.5 Å². The Kier molecular flexibility index (Phi) is 7.23. The van der Waals surface area contributed by atoms with Crippen LogP contribution in [0.4, 0.5) is 8.78 Å². The third-order valence-corrected chi connectivity index (χ3v) is 8.50. The second kappa shape index (κ2) is 10.5. The molecule has 0 radical (unpaired) electrons. The van der Waals surface area contributed by atoms with Crippen molar-refractivity contribution in [3.63, 3.8) is 0 Å². The van der Waals surface area contributed by atoms with Gasteiger partial charge in [-0.05, 0) is 42.0 Å². The predicted octanol–water partition coefficient (Wildman–Crippen LogP) is 4.23. The van der Waals surface area contributed by atoms with Crippen molar-refractivity contribution in [3.05, 3.63) is 83.2 Å². The number of hydrogen-bond donors (Lipinski definition) is 2. The van der Waals surface area contributed by atoms with Crippen LogP contribution < -0.4 is 14.8 Å². The van der Waals surface area contributed by atoms with Crippen LogP contribution in [0.1, 0.15) is 47.2 Å². The monoisotopic (exact) mass is 571 g/mol. The van der Waals surface area contributed by atoms with Crippen molar-refractivity contribution in [1.29, 1.82) is 0 Å². The van der Waals surface area contributed by atoms with E-state index in [1.165, 1.54) is 18.2 Å². The first-order valence-electron chi connectivity index (χ1n) is 12.7. The Hall–Kier alpha value is -4.03. The minimum atomic E-state index is -3.73. The summed E-state index contributed by atoms with van der Waals surface area (Å²) >= 11 is 0. The molecule has 1 aliphatic heterocycles. The highest BCUT2D eigenvalue weighted by molar-refractivity contribution is 7.91.